The van der Waals surface area contributed by atoms with Crippen molar-refractivity contribution >= 4 is 11.9 Å². The average Bonchev–Trinajstić information content (AvgIpc) is 2.87. The number of aryl methyl sites for hydroxylation is 1. The molecule has 0 aromatic heterocycles. The maximum atomic E-state index is 12.5. The van der Waals surface area contributed by atoms with Gasteiger partial charge in [0, 0.05) is 0 Å². The lowest BCUT2D eigenvalue weighted by Crippen LogP contribution is -2.10. The molecule has 0 atom stereocenters. The Balaban J connectivity index is 1.57. The summed E-state index contributed by atoms with van der Waals surface area (Å²) in [6.07, 6.45) is 5.04. The van der Waals surface area contributed by atoms with E-state index >= 15 is 0 Å². The van der Waals surface area contributed by atoms with Crippen molar-refractivity contribution in [3.63, 3.8) is 0 Å². The molecule has 6 nitrogen and oxygen atoms in total. The van der Waals surface area contributed by atoms with Crippen molar-refractivity contribution < 1.29 is 28.5 Å². The molecule has 0 unspecified atom stereocenters. The normalized spacial score (nSPS) is 10.2. The van der Waals surface area contributed by atoms with E-state index in [1.807, 2.05) is 0 Å². The fourth-order valence-electron chi connectivity index (χ4n) is 3.02. The lowest BCUT2D eigenvalue weighted by molar-refractivity contribution is 0.0718. The molecule has 0 aliphatic rings. The van der Waals surface area contributed by atoms with E-state index in [1.54, 1.807) is 85.8 Å². The van der Waals surface area contributed by atoms with E-state index in [1.165, 1.54) is 0 Å². The van der Waals surface area contributed by atoms with E-state index in [0.717, 1.165) is 12.8 Å². The maximum Gasteiger partial charge on any atom is 0.343 e. The first-order valence-corrected chi connectivity index (χ1v) is 11.2. The highest BCUT2D eigenvalue weighted by Crippen LogP contribution is 2.25. The van der Waals surface area contributed by atoms with Crippen molar-refractivity contribution in [1.29, 1.82) is 0 Å². The van der Waals surface area contributed by atoms with Crippen LogP contribution in [0.15, 0.2) is 92.0 Å². The van der Waals surface area contributed by atoms with Gasteiger partial charge >= 0.3 is 11.9 Å². The number of carbonyl (C=O) groups is 2. The van der Waals surface area contributed by atoms with Crippen LogP contribution in [0.25, 0.3) is 0 Å². The van der Waals surface area contributed by atoms with Gasteiger partial charge in [-0.25, -0.2) is 9.59 Å². The van der Waals surface area contributed by atoms with Crippen LogP contribution in [0.2, 0.25) is 0 Å². The molecule has 0 aliphatic heterocycles. The van der Waals surface area contributed by atoms with Crippen LogP contribution >= 0.6 is 0 Å². The minimum atomic E-state index is -0.498. The van der Waals surface area contributed by atoms with E-state index in [4.69, 9.17) is 18.9 Å². The third kappa shape index (κ3) is 7.61. The van der Waals surface area contributed by atoms with E-state index in [-0.39, 0.29) is 0 Å². The van der Waals surface area contributed by atoms with Crippen LogP contribution in [0.1, 0.15) is 39.1 Å². The van der Waals surface area contributed by atoms with Crippen LogP contribution in [-0.4, -0.2) is 25.2 Å². The first kappa shape index (κ1) is 25.3. The zero-order valence-electron chi connectivity index (χ0n) is 19.7. The van der Waals surface area contributed by atoms with E-state index in [2.05, 4.69) is 13.2 Å². The first-order chi connectivity index (χ1) is 17.0. The van der Waals surface area contributed by atoms with Gasteiger partial charge in [-0.15, -0.1) is 13.2 Å². The summed E-state index contributed by atoms with van der Waals surface area (Å²) in [5.74, 6) is 1.07. The second-order valence-electron chi connectivity index (χ2n) is 7.61. The molecule has 0 saturated heterocycles. The molecule has 0 N–H and O–H groups in total. The van der Waals surface area contributed by atoms with Gasteiger partial charge in [0.15, 0.2) is 0 Å². The topological polar surface area (TPSA) is 71.1 Å². The van der Waals surface area contributed by atoms with Crippen molar-refractivity contribution in [2.24, 2.45) is 0 Å². The van der Waals surface area contributed by atoms with Crippen molar-refractivity contribution in [3.8, 4) is 23.0 Å². The van der Waals surface area contributed by atoms with Gasteiger partial charge in [0.25, 0.3) is 0 Å². The first-order valence-electron chi connectivity index (χ1n) is 11.2. The van der Waals surface area contributed by atoms with Gasteiger partial charge in [-0.05, 0) is 92.1 Å². The molecule has 180 valence electrons. The minimum absolute atomic E-state index is 0.347. The summed E-state index contributed by atoms with van der Waals surface area (Å²) in [5, 5.41) is 0. The van der Waals surface area contributed by atoms with Crippen molar-refractivity contribution in [3.05, 3.63) is 109 Å². The van der Waals surface area contributed by atoms with Gasteiger partial charge in [0.05, 0.1) is 24.3 Å². The Bertz CT molecular complexity index is 1160. The largest absolute Gasteiger partial charge is 0.493 e. The molecule has 0 heterocycles. The van der Waals surface area contributed by atoms with Crippen LogP contribution < -0.4 is 18.9 Å². The Morgan fingerprint density at radius 3 is 1.60 bits per heavy atom. The van der Waals surface area contributed by atoms with Crippen molar-refractivity contribution in [2.75, 3.05) is 13.2 Å². The third-order valence-corrected chi connectivity index (χ3v) is 4.92. The Kier molecular flexibility index (Phi) is 9.25. The van der Waals surface area contributed by atoms with Crippen molar-refractivity contribution in [2.45, 2.75) is 19.8 Å². The summed E-state index contributed by atoms with van der Waals surface area (Å²) < 4.78 is 22.1. The van der Waals surface area contributed by atoms with E-state index < -0.39 is 11.9 Å². The molecule has 0 amide bonds. The number of rotatable bonds is 12. The van der Waals surface area contributed by atoms with Gasteiger partial charge in [-0.3, -0.25) is 0 Å². The number of hydrogen-bond donors (Lipinski definition) is 0. The Morgan fingerprint density at radius 1 is 0.686 bits per heavy atom. The Labute approximate surface area is 205 Å². The molecule has 0 bridgehead atoms. The highest BCUT2D eigenvalue weighted by molar-refractivity contribution is 5.92. The molecule has 6 heteroatoms. The number of carbonyl (C=O) groups excluding carboxylic acids is 2. The molecule has 0 saturated carbocycles. The van der Waals surface area contributed by atoms with E-state index in [9.17, 15) is 9.59 Å². The zero-order chi connectivity index (χ0) is 25.0. The quantitative estimate of drug-likeness (QED) is 0.133. The molecule has 3 aromatic carbocycles. The monoisotopic (exact) mass is 472 g/mol. The second-order valence-corrected chi connectivity index (χ2v) is 7.61. The molecule has 3 aromatic rings. The molecule has 0 fully saturated rings. The molecule has 0 aliphatic carbocycles. The third-order valence-electron chi connectivity index (χ3n) is 4.92. The van der Waals surface area contributed by atoms with Gasteiger partial charge in [-0.2, -0.15) is 0 Å². The Morgan fingerprint density at radius 2 is 1.14 bits per heavy atom. The van der Waals surface area contributed by atoms with Crippen LogP contribution in [0.5, 0.6) is 23.0 Å². The highest BCUT2D eigenvalue weighted by Gasteiger charge is 2.13. The lowest BCUT2D eigenvalue weighted by Gasteiger charge is -2.11. The van der Waals surface area contributed by atoms with Gasteiger partial charge in [0.2, 0.25) is 0 Å². The van der Waals surface area contributed by atoms with Crippen molar-refractivity contribution in [1.82, 2.24) is 0 Å². The molecule has 3 rings (SSSR count). The molecular formula is C29H28O6. The second kappa shape index (κ2) is 12.8. The zero-order valence-corrected chi connectivity index (χ0v) is 19.7. The standard InChI is InChI=1S/C29H28O6/c1-4-6-18-32-24-12-8-22(9-13-24)28(30)34-26-16-17-27(21(3)20-26)35-29(31)23-10-14-25(15-11-23)33-19-7-5-2/h4-5,8-17,20H,1-2,6-7,18-19H2,3H3. The smallest absolute Gasteiger partial charge is 0.343 e. The predicted octanol–water partition coefficient (Wildman–Crippen LogP) is 6.34. The van der Waals surface area contributed by atoms with Crippen LogP contribution in [0, 0.1) is 6.92 Å². The summed E-state index contributed by atoms with van der Waals surface area (Å²) in [6, 6.07) is 18.3. The molecular weight excluding hydrogens is 444 g/mol. The highest BCUT2D eigenvalue weighted by atomic mass is 16.5. The predicted molar refractivity (Wildman–Crippen MR) is 135 cm³/mol. The summed E-state index contributed by atoms with van der Waals surface area (Å²) in [6.45, 7) is 10.1. The van der Waals surface area contributed by atoms with E-state index in [0.29, 0.717) is 52.9 Å². The average molecular weight is 473 g/mol. The number of hydrogen-bond acceptors (Lipinski definition) is 6. The Hall–Kier alpha value is -4.32. The SMILES string of the molecule is C=CCCOc1ccc(C(=O)Oc2ccc(OC(=O)c3ccc(OCCC=C)cc3)c(C)c2)cc1. The molecule has 0 radical (unpaired) electrons. The van der Waals surface area contributed by atoms with Gasteiger partial charge in [0.1, 0.15) is 23.0 Å². The number of benzene rings is 3. The number of esters is 2. The van der Waals surface area contributed by atoms with Crippen LogP contribution in [0.3, 0.4) is 0 Å². The van der Waals surface area contributed by atoms with Gasteiger partial charge in [-0.1, -0.05) is 12.2 Å². The van der Waals surface area contributed by atoms with Crippen LogP contribution in [-0.2, 0) is 0 Å². The lowest BCUT2D eigenvalue weighted by atomic mass is 10.2. The fraction of sp³-hybridized carbons (Fsp3) is 0.172. The summed E-state index contributed by atoms with van der Waals surface area (Å²) in [4.78, 5) is 25.0. The summed E-state index contributed by atoms with van der Waals surface area (Å²) in [7, 11) is 0. The number of ether oxygens (including phenoxy) is 4. The van der Waals surface area contributed by atoms with Gasteiger partial charge < -0.3 is 18.9 Å². The molecule has 35 heavy (non-hydrogen) atoms. The summed E-state index contributed by atoms with van der Waals surface area (Å²) in [5.41, 5.74) is 1.44. The summed E-state index contributed by atoms with van der Waals surface area (Å²) >= 11 is 0. The maximum absolute atomic E-state index is 12.5. The van der Waals surface area contributed by atoms with Crippen LogP contribution in [0.4, 0.5) is 0 Å². The molecule has 0 spiro atoms. The minimum Gasteiger partial charge on any atom is -0.493 e. The fourth-order valence-corrected chi connectivity index (χ4v) is 3.02.